The summed E-state index contributed by atoms with van der Waals surface area (Å²) in [5.41, 5.74) is 5.52. The van der Waals surface area contributed by atoms with Crippen LogP contribution in [0, 0.1) is 6.92 Å². The van der Waals surface area contributed by atoms with Gasteiger partial charge in [-0.1, -0.05) is 0 Å². The number of nitrogens with two attached hydrogens (primary N) is 1. The molecule has 2 aliphatic rings. The van der Waals surface area contributed by atoms with E-state index in [9.17, 15) is 29.3 Å². The number of hydrogen-bond acceptors (Lipinski definition) is 13. The summed E-state index contributed by atoms with van der Waals surface area (Å²) in [6.45, 7) is 0.436. The van der Waals surface area contributed by atoms with Crippen molar-refractivity contribution < 1.29 is 38.2 Å². The number of H-pyrrole nitrogens is 1. The van der Waals surface area contributed by atoms with E-state index in [4.69, 9.17) is 24.3 Å². The highest BCUT2D eigenvalue weighted by Crippen LogP contribution is 2.49. The highest BCUT2D eigenvalue weighted by molar-refractivity contribution is 7.47. The van der Waals surface area contributed by atoms with Crippen LogP contribution in [0.25, 0.3) is 11.2 Å². The van der Waals surface area contributed by atoms with Gasteiger partial charge in [0.1, 0.15) is 42.6 Å². The van der Waals surface area contributed by atoms with Crippen LogP contribution < -0.4 is 17.0 Å². The number of anilines is 1. The molecule has 0 aromatic carbocycles. The number of phosphoric acid groups is 1. The van der Waals surface area contributed by atoms with E-state index in [2.05, 4.69) is 19.9 Å². The van der Waals surface area contributed by atoms with Gasteiger partial charge in [0, 0.05) is 24.6 Å². The normalized spacial score (nSPS) is 29.2. The molecule has 17 nitrogen and oxygen atoms in total. The molecular weight excluding hydrogens is 529 g/mol. The van der Waals surface area contributed by atoms with E-state index < -0.39 is 69.2 Å². The Morgan fingerprint density at radius 3 is 2.68 bits per heavy atom. The SMILES string of the molecule is Cc1cn([C@@H]2C[C@H](OP(=O)(O)OC[C@@H]3O[C@H](n4cnc5c(N)ncnc54)C[C@H]3O)[C@H](CO)O2)c(=O)[nH]c1=O. The number of aromatic nitrogens is 6. The Balaban J connectivity index is 1.22. The fraction of sp³-hybridized carbons (Fsp3) is 0.550. The van der Waals surface area contributed by atoms with Crippen molar-refractivity contribution in [2.24, 2.45) is 0 Å². The average Bonchev–Trinajstić information content (AvgIpc) is 3.57. The van der Waals surface area contributed by atoms with Gasteiger partial charge in [0.15, 0.2) is 11.5 Å². The Morgan fingerprint density at radius 1 is 1.18 bits per heavy atom. The lowest BCUT2D eigenvalue weighted by Crippen LogP contribution is -2.33. The minimum Gasteiger partial charge on any atom is -0.394 e. The first-order valence-electron chi connectivity index (χ1n) is 11.6. The van der Waals surface area contributed by atoms with Gasteiger partial charge in [-0.15, -0.1) is 0 Å². The summed E-state index contributed by atoms with van der Waals surface area (Å²) in [5.74, 6) is 0.186. The lowest BCUT2D eigenvalue weighted by atomic mass is 10.2. The van der Waals surface area contributed by atoms with E-state index in [0.29, 0.717) is 11.2 Å². The molecule has 2 fully saturated rings. The van der Waals surface area contributed by atoms with Gasteiger partial charge < -0.3 is 30.3 Å². The van der Waals surface area contributed by atoms with Gasteiger partial charge in [-0.25, -0.2) is 24.3 Å². The number of nitrogens with one attached hydrogen (secondary N) is 1. The second kappa shape index (κ2) is 10.3. The molecule has 7 atom stereocenters. The van der Waals surface area contributed by atoms with E-state index in [0.717, 1.165) is 4.57 Å². The molecule has 3 aromatic rings. The van der Waals surface area contributed by atoms with Crippen molar-refractivity contribution in [3.8, 4) is 0 Å². The van der Waals surface area contributed by atoms with Crippen molar-refractivity contribution in [1.29, 1.82) is 0 Å². The van der Waals surface area contributed by atoms with Crippen molar-refractivity contribution in [3.63, 3.8) is 0 Å². The fourth-order valence-corrected chi connectivity index (χ4v) is 5.39. The van der Waals surface area contributed by atoms with Gasteiger partial charge >= 0.3 is 13.5 Å². The molecule has 0 saturated carbocycles. The molecule has 0 bridgehead atoms. The zero-order valence-corrected chi connectivity index (χ0v) is 20.9. The van der Waals surface area contributed by atoms with Gasteiger partial charge in [-0.2, -0.15) is 0 Å². The molecule has 6 N–H and O–H groups in total. The number of phosphoric ester groups is 1. The topological polar surface area (TPSA) is 239 Å². The van der Waals surface area contributed by atoms with Crippen molar-refractivity contribution in [3.05, 3.63) is 45.3 Å². The number of nitrogen functional groups attached to an aromatic ring is 1. The van der Waals surface area contributed by atoms with Crippen LogP contribution in [0.1, 0.15) is 30.9 Å². The lowest BCUT2D eigenvalue weighted by Gasteiger charge is -2.21. The summed E-state index contributed by atoms with van der Waals surface area (Å²) < 4.78 is 37.1. The third-order valence-electron chi connectivity index (χ3n) is 6.39. The van der Waals surface area contributed by atoms with Crippen molar-refractivity contribution in [2.45, 2.75) is 56.6 Å². The molecule has 3 aromatic heterocycles. The minimum absolute atomic E-state index is 0.0894. The monoisotopic (exact) mass is 555 g/mol. The molecule has 18 heteroatoms. The lowest BCUT2D eigenvalue weighted by molar-refractivity contribution is -0.0564. The first kappa shape index (κ1) is 26.6. The van der Waals surface area contributed by atoms with Crippen LogP contribution >= 0.6 is 7.82 Å². The maximum atomic E-state index is 12.7. The number of aliphatic hydroxyl groups excluding tert-OH is 2. The molecule has 2 aliphatic heterocycles. The molecule has 38 heavy (non-hydrogen) atoms. The van der Waals surface area contributed by atoms with Gasteiger partial charge in [-0.05, 0) is 6.92 Å². The largest absolute Gasteiger partial charge is 0.472 e. The van der Waals surface area contributed by atoms with E-state index in [1.165, 1.54) is 25.8 Å². The Bertz CT molecular complexity index is 1490. The molecule has 5 heterocycles. The summed E-state index contributed by atoms with van der Waals surface area (Å²) in [6.07, 6.45) is -1.83. The van der Waals surface area contributed by atoms with E-state index in [-0.39, 0.29) is 24.2 Å². The first-order chi connectivity index (χ1) is 18.1. The highest BCUT2D eigenvalue weighted by Gasteiger charge is 2.43. The van der Waals surface area contributed by atoms with Crippen LogP contribution in [-0.2, 0) is 23.1 Å². The number of ether oxygens (including phenoxy) is 2. The molecule has 206 valence electrons. The standard InChI is InChI=1S/C20H26N7O10P/c1-9-4-26(20(31)25-19(9)30)15-3-11(12(5-28)35-15)37-38(32,33)34-6-13-10(29)2-14(36-13)27-8-24-16-17(21)22-7-23-18(16)27/h4,7-8,10-15,28-29H,2-3,5-6H2,1H3,(H,32,33)(H2,21,22,23)(H,25,30,31)/t10-,11+,12+,13+,14+,15+/m1/s1. The van der Waals surface area contributed by atoms with Crippen LogP contribution in [0.4, 0.5) is 5.82 Å². The molecule has 0 amide bonds. The van der Waals surface area contributed by atoms with Crippen LogP contribution in [0.2, 0.25) is 0 Å². The second-order valence-electron chi connectivity index (χ2n) is 8.95. The summed E-state index contributed by atoms with van der Waals surface area (Å²) in [5, 5.41) is 20.1. The quantitative estimate of drug-likeness (QED) is 0.203. The van der Waals surface area contributed by atoms with Crippen molar-refractivity contribution >= 4 is 24.8 Å². The Labute approximate surface area is 213 Å². The van der Waals surface area contributed by atoms with Crippen LogP contribution in [0.15, 0.2) is 28.4 Å². The minimum atomic E-state index is -4.73. The van der Waals surface area contributed by atoms with E-state index in [1.54, 1.807) is 4.57 Å². The molecule has 2 saturated heterocycles. The molecule has 0 radical (unpaired) electrons. The maximum Gasteiger partial charge on any atom is 0.472 e. The number of aromatic amines is 1. The number of nitrogens with zero attached hydrogens (tertiary/aromatic N) is 5. The first-order valence-corrected chi connectivity index (χ1v) is 13.1. The van der Waals surface area contributed by atoms with Gasteiger partial charge in [-0.3, -0.25) is 28.0 Å². The molecule has 5 rings (SSSR count). The Hall–Kier alpha value is -3.02. The predicted octanol–water partition coefficient (Wildman–Crippen LogP) is -1.30. The summed E-state index contributed by atoms with van der Waals surface area (Å²) >= 11 is 0. The van der Waals surface area contributed by atoms with Crippen LogP contribution in [-0.4, -0.2) is 81.8 Å². The molecule has 1 unspecified atom stereocenters. The average molecular weight is 555 g/mol. The zero-order valence-electron chi connectivity index (χ0n) is 20.0. The number of rotatable bonds is 8. The summed E-state index contributed by atoms with van der Waals surface area (Å²) in [6, 6.07) is 0. The van der Waals surface area contributed by atoms with Crippen molar-refractivity contribution in [1.82, 2.24) is 29.1 Å². The van der Waals surface area contributed by atoms with Crippen LogP contribution in [0.3, 0.4) is 0 Å². The summed E-state index contributed by atoms with van der Waals surface area (Å²) in [4.78, 5) is 48.5. The number of aryl methyl sites for hydroxylation is 1. The number of fused-ring (bicyclic) bond motifs is 1. The molecule has 0 aliphatic carbocycles. The molecular formula is C20H26N7O10P. The van der Waals surface area contributed by atoms with Gasteiger partial charge in [0.05, 0.1) is 25.6 Å². The van der Waals surface area contributed by atoms with Gasteiger partial charge in [0.25, 0.3) is 5.56 Å². The third kappa shape index (κ3) is 5.14. The third-order valence-corrected chi connectivity index (χ3v) is 7.40. The smallest absolute Gasteiger partial charge is 0.394 e. The maximum absolute atomic E-state index is 12.7. The fourth-order valence-electron chi connectivity index (χ4n) is 4.43. The zero-order chi connectivity index (χ0) is 27.2. The predicted molar refractivity (Wildman–Crippen MR) is 127 cm³/mol. The summed E-state index contributed by atoms with van der Waals surface area (Å²) in [7, 11) is -4.73. The van der Waals surface area contributed by atoms with E-state index >= 15 is 0 Å². The number of aliphatic hydroxyl groups is 2. The number of imidazole rings is 1. The van der Waals surface area contributed by atoms with E-state index in [1.807, 2.05) is 0 Å². The number of hydrogen-bond donors (Lipinski definition) is 5. The van der Waals surface area contributed by atoms with Crippen LogP contribution in [0.5, 0.6) is 0 Å². The Morgan fingerprint density at radius 2 is 1.92 bits per heavy atom. The second-order valence-corrected chi connectivity index (χ2v) is 10.4. The highest BCUT2D eigenvalue weighted by atomic mass is 31.2. The van der Waals surface area contributed by atoms with Gasteiger partial charge in [0.2, 0.25) is 0 Å². The Kier molecular flexibility index (Phi) is 7.19. The van der Waals surface area contributed by atoms with Crippen molar-refractivity contribution in [2.75, 3.05) is 18.9 Å². The molecule has 0 spiro atoms.